The van der Waals surface area contributed by atoms with Crippen LogP contribution in [0.15, 0.2) is 36.7 Å². The number of halogens is 3. The molecule has 8 heteroatoms. The lowest BCUT2D eigenvalue weighted by molar-refractivity contribution is -0.140. The van der Waals surface area contributed by atoms with Gasteiger partial charge in [-0.25, -0.2) is 0 Å². The summed E-state index contributed by atoms with van der Waals surface area (Å²) in [6, 6.07) is 5.25. The Kier molecular flexibility index (Phi) is 8.78. The van der Waals surface area contributed by atoms with Crippen LogP contribution in [-0.4, -0.2) is 34.3 Å². The number of rotatable bonds is 7. The van der Waals surface area contributed by atoms with Gasteiger partial charge in [-0.2, -0.15) is 13.2 Å². The van der Waals surface area contributed by atoms with Gasteiger partial charge in [0, 0.05) is 30.4 Å². The monoisotopic (exact) mass is 529 g/mol. The van der Waals surface area contributed by atoms with E-state index < -0.39 is 17.8 Å². The Morgan fingerprint density at radius 1 is 1.11 bits per heavy atom. The Hall–Kier alpha value is -2.90. The van der Waals surface area contributed by atoms with Gasteiger partial charge in [-0.15, -0.1) is 0 Å². The molecule has 1 saturated heterocycles. The minimum absolute atomic E-state index is 0.0586. The molecule has 206 valence electrons. The molecule has 2 amide bonds. The van der Waals surface area contributed by atoms with Gasteiger partial charge in [0.2, 0.25) is 11.8 Å². The van der Waals surface area contributed by atoms with E-state index in [9.17, 15) is 22.8 Å². The molecular weight excluding hydrogens is 491 g/mol. The van der Waals surface area contributed by atoms with Crippen LogP contribution >= 0.6 is 0 Å². The third-order valence-corrected chi connectivity index (χ3v) is 8.38. The van der Waals surface area contributed by atoms with E-state index in [1.54, 1.807) is 18.5 Å². The number of alkyl halides is 3. The van der Waals surface area contributed by atoms with E-state index in [0.717, 1.165) is 56.6 Å². The van der Waals surface area contributed by atoms with E-state index in [1.807, 2.05) is 24.8 Å². The summed E-state index contributed by atoms with van der Waals surface area (Å²) in [6.07, 6.45) is 6.21. The molecule has 38 heavy (non-hydrogen) atoms. The predicted octanol–water partition coefficient (Wildman–Crippen LogP) is 6.85. The van der Waals surface area contributed by atoms with Crippen LogP contribution in [0.5, 0.6) is 0 Å². The number of hydrogen-bond acceptors (Lipinski definition) is 3. The minimum atomic E-state index is -4.44. The first-order valence-electron chi connectivity index (χ1n) is 13.8. The number of nitrogens with one attached hydrogen (secondary N) is 1. The van der Waals surface area contributed by atoms with Gasteiger partial charge in [0.1, 0.15) is 6.04 Å². The van der Waals surface area contributed by atoms with Crippen LogP contribution in [0.25, 0.3) is 11.1 Å². The molecule has 1 saturated carbocycles. The van der Waals surface area contributed by atoms with Crippen LogP contribution in [0.3, 0.4) is 0 Å². The normalized spacial score (nSPS) is 20.3. The first-order chi connectivity index (χ1) is 18.1. The van der Waals surface area contributed by atoms with Crippen molar-refractivity contribution in [3.63, 3.8) is 0 Å². The molecule has 2 aliphatic rings. The number of nitrogens with zero attached hydrogens (tertiary/aromatic N) is 2. The van der Waals surface area contributed by atoms with Crippen LogP contribution in [-0.2, 0) is 15.8 Å². The summed E-state index contributed by atoms with van der Waals surface area (Å²) < 4.78 is 40.5. The summed E-state index contributed by atoms with van der Waals surface area (Å²) in [5.74, 6) is -0.199. The van der Waals surface area contributed by atoms with Crippen molar-refractivity contribution in [2.45, 2.75) is 90.4 Å². The molecule has 1 aliphatic heterocycles. The van der Waals surface area contributed by atoms with Gasteiger partial charge in [-0.05, 0) is 73.8 Å². The SMILES string of the molecule is CCC(C)C(=O)NC(C(=O)N1CCCC1c1cncc(-c2cccc(C(F)(F)F)c2C)c1)C1CCCCC1. The standard InChI is InChI=1S/C30H38F3N3O2/c1-4-19(2)28(37)35-27(21-10-6-5-7-11-21)29(38)36-15-9-14-26(36)23-16-22(17-34-18-23)24-12-8-13-25(20(24)3)30(31,32)33/h8,12-13,16-19,21,26-27H,4-7,9-11,14-15H2,1-3H3,(H,35,37). The zero-order valence-corrected chi connectivity index (χ0v) is 22.5. The van der Waals surface area contributed by atoms with Gasteiger partial charge < -0.3 is 10.2 Å². The fourth-order valence-corrected chi connectivity index (χ4v) is 5.93. The lowest BCUT2D eigenvalue weighted by atomic mass is 9.83. The molecule has 0 bridgehead atoms. The molecular formula is C30H38F3N3O2. The number of benzene rings is 1. The van der Waals surface area contributed by atoms with E-state index in [4.69, 9.17) is 0 Å². The van der Waals surface area contributed by atoms with Gasteiger partial charge in [0.25, 0.3) is 0 Å². The lowest BCUT2D eigenvalue weighted by Crippen LogP contribution is -2.53. The van der Waals surface area contributed by atoms with E-state index >= 15 is 0 Å². The van der Waals surface area contributed by atoms with Crippen molar-refractivity contribution in [2.75, 3.05) is 6.54 Å². The third kappa shape index (κ3) is 6.05. The Balaban J connectivity index is 1.62. The molecule has 1 N–H and O–H groups in total. The lowest BCUT2D eigenvalue weighted by Gasteiger charge is -2.35. The molecule has 1 aliphatic carbocycles. The second kappa shape index (κ2) is 11.9. The average molecular weight is 530 g/mol. The number of likely N-dealkylation sites (tertiary alicyclic amines) is 1. The molecule has 2 fully saturated rings. The maximum atomic E-state index is 14.0. The summed E-state index contributed by atoms with van der Waals surface area (Å²) >= 11 is 0. The summed E-state index contributed by atoms with van der Waals surface area (Å²) in [7, 11) is 0. The summed E-state index contributed by atoms with van der Waals surface area (Å²) in [4.78, 5) is 33.1. The largest absolute Gasteiger partial charge is 0.416 e. The highest BCUT2D eigenvalue weighted by Crippen LogP contribution is 2.39. The van der Waals surface area contributed by atoms with Gasteiger partial charge in [0.15, 0.2) is 0 Å². The van der Waals surface area contributed by atoms with Crippen molar-refractivity contribution in [3.8, 4) is 11.1 Å². The number of pyridine rings is 1. The molecule has 2 aromatic rings. The smallest absolute Gasteiger partial charge is 0.344 e. The highest BCUT2D eigenvalue weighted by molar-refractivity contribution is 5.89. The van der Waals surface area contributed by atoms with Crippen LogP contribution in [0.4, 0.5) is 13.2 Å². The van der Waals surface area contributed by atoms with Gasteiger partial charge in [-0.3, -0.25) is 14.6 Å². The summed E-state index contributed by atoms with van der Waals surface area (Å²) in [5, 5.41) is 3.10. The second-order valence-electron chi connectivity index (χ2n) is 10.9. The Morgan fingerprint density at radius 3 is 2.53 bits per heavy atom. The van der Waals surface area contributed by atoms with Crippen LogP contribution in [0, 0.1) is 18.8 Å². The Morgan fingerprint density at radius 2 is 1.84 bits per heavy atom. The molecule has 0 radical (unpaired) electrons. The summed E-state index contributed by atoms with van der Waals surface area (Å²) in [5.41, 5.74) is 1.37. The van der Waals surface area contributed by atoms with Crippen LogP contribution in [0.1, 0.15) is 87.9 Å². The van der Waals surface area contributed by atoms with Crippen molar-refractivity contribution in [1.29, 1.82) is 0 Å². The first kappa shape index (κ1) is 28.1. The van der Waals surface area contributed by atoms with E-state index in [1.165, 1.54) is 13.0 Å². The third-order valence-electron chi connectivity index (χ3n) is 8.38. The first-order valence-corrected chi connectivity index (χ1v) is 13.8. The fraction of sp³-hybridized carbons (Fsp3) is 0.567. The molecule has 1 aromatic carbocycles. The highest BCUT2D eigenvalue weighted by atomic mass is 19.4. The van der Waals surface area contributed by atoms with Gasteiger partial charge >= 0.3 is 6.18 Å². The molecule has 3 atom stereocenters. The maximum absolute atomic E-state index is 14.0. The minimum Gasteiger partial charge on any atom is -0.344 e. The molecule has 3 unspecified atom stereocenters. The van der Waals surface area contributed by atoms with Crippen molar-refractivity contribution < 1.29 is 22.8 Å². The molecule has 4 rings (SSSR count). The zero-order valence-electron chi connectivity index (χ0n) is 22.5. The van der Waals surface area contributed by atoms with Crippen LogP contribution < -0.4 is 5.32 Å². The number of aromatic nitrogens is 1. The Bertz CT molecular complexity index is 1140. The number of carbonyl (C=O) groups excluding carboxylic acids is 2. The van der Waals surface area contributed by atoms with E-state index in [0.29, 0.717) is 24.1 Å². The quantitative estimate of drug-likeness (QED) is 0.427. The van der Waals surface area contributed by atoms with Crippen LogP contribution in [0.2, 0.25) is 0 Å². The topological polar surface area (TPSA) is 62.3 Å². The highest BCUT2D eigenvalue weighted by Gasteiger charge is 2.39. The Labute approximate surface area is 223 Å². The molecule has 2 heterocycles. The van der Waals surface area contributed by atoms with Crippen molar-refractivity contribution >= 4 is 11.8 Å². The second-order valence-corrected chi connectivity index (χ2v) is 10.9. The van der Waals surface area contributed by atoms with Crippen molar-refractivity contribution in [3.05, 3.63) is 53.3 Å². The summed E-state index contributed by atoms with van der Waals surface area (Å²) in [6.45, 7) is 5.90. The van der Waals surface area contributed by atoms with Gasteiger partial charge in [0.05, 0.1) is 11.6 Å². The molecule has 5 nitrogen and oxygen atoms in total. The van der Waals surface area contributed by atoms with E-state index in [2.05, 4.69) is 10.3 Å². The zero-order chi connectivity index (χ0) is 27.4. The molecule has 1 aromatic heterocycles. The number of amides is 2. The maximum Gasteiger partial charge on any atom is 0.416 e. The average Bonchev–Trinajstić information content (AvgIpc) is 3.41. The fourth-order valence-electron chi connectivity index (χ4n) is 5.93. The van der Waals surface area contributed by atoms with Crippen molar-refractivity contribution in [1.82, 2.24) is 15.2 Å². The van der Waals surface area contributed by atoms with E-state index in [-0.39, 0.29) is 35.3 Å². The molecule has 0 spiro atoms. The predicted molar refractivity (Wildman–Crippen MR) is 141 cm³/mol. The number of hydrogen-bond donors (Lipinski definition) is 1. The van der Waals surface area contributed by atoms with Crippen molar-refractivity contribution in [2.24, 2.45) is 11.8 Å². The number of carbonyl (C=O) groups is 2. The van der Waals surface area contributed by atoms with Gasteiger partial charge in [-0.1, -0.05) is 45.2 Å².